The van der Waals surface area contributed by atoms with Crippen LogP contribution in [0.25, 0.3) is 11.0 Å². The molecule has 36 heavy (non-hydrogen) atoms. The molecule has 4 rings (SSSR count). The first-order valence-corrected chi connectivity index (χ1v) is 12.7. The first kappa shape index (κ1) is 25.1. The number of para-hydroxylation sites is 2. The molecule has 1 heterocycles. The second-order valence-corrected chi connectivity index (χ2v) is 10.1. The van der Waals surface area contributed by atoms with Crippen LogP contribution in [0.4, 0.5) is 11.5 Å². The molecule has 0 unspecified atom stereocenters. The fourth-order valence-corrected chi connectivity index (χ4v) is 4.71. The predicted octanol–water partition coefficient (Wildman–Crippen LogP) is 3.53. The van der Waals surface area contributed by atoms with Crippen molar-refractivity contribution in [1.29, 1.82) is 0 Å². The molecule has 0 radical (unpaired) electrons. The van der Waals surface area contributed by atoms with Crippen molar-refractivity contribution in [1.82, 2.24) is 14.9 Å². The summed E-state index contributed by atoms with van der Waals surface area (Å²) in [5, 5.41) is 2.72. The normalized spacial score (nSPS) is 11.4. The standard InChI is InChI=1S/C26H27N5O4S/c1-31(2)17-25(32)27-19-9-7-11-21(16-19)36(33,34)30-26-24(15-18-8-6-10-20(14-18)35-3)28-22-12-4-5-13-23(22)29-26/h4-14,16H,15,17H2,1-3H3,(H,27,32)(H,29,30). The van der Waals surface area contributed by atoms with Gasteiger partial charge in [0.25, 0.3) is 10.0 Å². The number of sulfonamides is 1. The van der Waals surface area contributed by atoms with E-state index in [1.807, 2.05) is 42.5 Å². The van der Waals surface area contributed by atoms with Crippen molar-refractivity contribution in [2.24, 2.45) is 0 Å². The van der Waals surface area contributed by atoms with Crippen LogP contribution in [0.5, 0.6) is 5.75 Å². The second kappa shape index (κ2) is 10.7. The molecule has 0 aliphatic rings. The molecule has 2 N–H and O–H groups in total. The summed E-state index contributed by atoms with van der Waals surface area (Å²) in [5.41, 5.74) is 2.97. The highest BCUT2D eigenvalue weighted by Crippen LogP contribution is 2.25. The van der Waals surface area contributed by atoms with Gasteiger partial charge in [-0.3, -0.25) is 9.52 Å². The Morgan fingerprint density at radius 2 is 1.67 bits per heavy atom. The molecule has 0 aliphatic heterocycles. The molecule has 10 heteroatoms. The Kier molecular flexibility index (Phi) is 7.47. The minimum Gasteiger partial charge on any atom is -0.497 e. The van der Waals surface area contributed by atoms with Gasteiger partial charge in [0.05, 0.1) is 35.3 Å². The zero-order chi connectivity index (χ0) is 25.7. The molecule has 186 valence electrons. The van der Waals surface area contributed by atoms with Gasteiger partial charge in [0.15, 0.2) is 5.82 Å². The van der Waals surface area contributed by atoms with Crippen LogP contribution in [0.3, 0.4) is 0 Å². The monoisotopic (exact) mass is 505 g/mol. The summed E-state index contributed by atoms with van der Waals surface area (Å²) >= 11 is 0. The van der Waals surface area contributed by atoms with Crippen LogP contribution >= 0.6 is 0 Å². The lowest BCUT2D eigenvalue weighted by Gasteiger charge is -2.14. The highest BCUT2D eigenvalue weighted by atomic mass is 32.2. The topological polar surface area (TPSA) is 114 Å². The molecule has 0 bridgehead atoms. The third-order valence-electron chi connectivity index (χ3n) is 5.27. The summed E-state index contributed by atoms with van der Waals surface area (Å²) in [6, 6.07) is 20.8. The van der Waals surface area contributed by atoms with Crippen LogP contribution in [0.1, 0.15) is 11.3 Å². The molecule has 1 amide bonds. The second-order valence-electron chi connectivity index (χ2n) is 8.46. The van der Waals surface area contributed by atoms with Crippen molar-refractivity contribution < 1.29 is 17.9 Å². The fourth-order valence-electron chi connectivity index (χ4n) is 3.63. The number of methoxy groups -OCH3 is 1. The van der Waals surface area contributed by atoms with Gasteiger partial charge in [0.1, 0.15) is 5.75 Å². The Morgan fingerprint density at radius 1 is 0.944 bits per heavy atom. The van der Waals surface area contributed by atoms with E-state index in [0.717, 1.165) is 5.56 Å². The van der Waals surface area contributed by atoms with E-state index >= 15 is 0 Å². The molecule has 9 nitrogen and oxygen atoms in total. The Hall–Kier alpha value is -4.02. The number of ether oxygens (including phenoxy) is 1. The van der Waals surface area contributed by atoms with Crippen LogP contribution in [0.15, 0.2) is 77.7 Å². The van der Waals surface area contributed by atoms with Crippen molar-refractivity contribution in [2.75, 3.05) is 37.8 Å². The zero-order valence-corrected chi connectivity index (χ0v) is 21.0. The molecule has 0 fully saturated rings. The molecule has 0 saturated carbocycles. The van der Waals surface area contributed by atoms with Crippen LogP contribution in [-0.4, -0.2) is 56.9 Å². The first-order chi connectivity index (χ1) is 17.2. The number of carbonyl (C=O) groups excluding carboxylic acids is 1. The predicted molar refractivity (Wildman–Crippen MR) is 140 cm³/mol. The minimum atomic E-state index is -4.03. The summed E-state index contributed by atoms with van der Waals surface area (Å²) in [7, 11) is 1.11. The summed E-state index contributed by atoms with van der Waals surface area (Å²) < 4.78 is 34.6. The molecular weight excluding hydrogens is 478 g/mol. The van der Waals surface area contributed by atoms with E-state index in [-0.39, 0.29) is 23.2 Å². The molecule has 3 aromatic carbocycles. The van der Waals surface area contributed by atoms with Crippen molar-refractivity contribution in [3.8, 4) is 5.75 Å². The number of fused-ring (bicyclic) bond motifs is 1. The average molecular weight is 506 g/mol. The number of hydrogen-bond donors (Lipinski definition) is 2. The first-order valence-electron chi connectivity index (χ1n) is 11.2. The Bertz CT molecular complexity index is 1510. The average Bonchev–Trinajstić information content (AvgIpc) is 2.84. The van der Waals surface area contributed by atoms with Crippen molar-refractivity contribution in [2.45, 2.75) is 11.3 Å². The maximum Gasteiger partial charge on any atom is 0.263 e. The SMILES string of the molecule is COc1cccc(Cc2nc3ccccc3nc2NS(=O)(=O)c2cccc(NC(=O)CN(C)C)c2)c1. The Balaban J connectivity index is 1.67. The van der Waals surface area contributed by atoms with Gasteiger partial charge >= 0.3 is 0 Å². The number of carbonyl (C=O) groups is 1. The summed E-state index contributed by atoms with van der Waals surface area (Å²) in [4.78, 5) is 23.1. The van der Waals surface area contributed by atoms with Gasteiger partial charge in [-0.1, -0.05) is 30.3 Å². The van der Waals surface area contributed by atoms with Crippen LogP contribution in [-0.2, 0) is 21.2 Å². The van der Waals surface area contributed by atoms with E-state index in [9.17, 15) is 13.2 Å². The van der Waals surface area contributed by atoms with Gasteiger partial charge in [-0.05, 0) is 62.1 Å². The van der Waals surface area contributed by atoms with E-state index in [4.69, 9.17) is 9.72 Å². The van der Waals surface area contributed by atoms with E-state index in [0.29, 0.717) is 34.6 Å². The van der Waals surface area contributed by atoms with E-state index in [1.165, 1.54) is 12.1 Å². The van der Waals surface area contributed by atoms with Gasteiger partial charge in [0.2, 0.25) is 5.91 Å². The highest BCUT2D eigenvalue weighted by molar-refractivity contribution is 7.92. The summed E-state index contributed by atoms with van der Waals surface area (Å²) in [6.45, 7) is 0.176. The van der Waals surface area contributed by atoms with Crippen molar-refractivity contribution >= 4 is 38.5 Å². The fraction of sp³-hybridized carbons (Fsp3) is 0.192. The third kappa shape index (κ3) is 6.15. The number of benzene rings is 3. The molecule has 0 aliphatic carbocycles. The highest BCUT2D eigenvalue weighted by Gasteiger charge is 2.20. The number of amides is 1. The molecule has 0 atom stereocenters. The molecule has 0 spiro atoms. The number of rotatable bonds is 9. The van der Waals surface area contributed by atoms with E-state index < -0.39 is 10.0 Å². The number of aromatic nitrogens is 2. The van der Waals surface area contributed by atoms with Gasteiger partial charge < -0.3 is 15.0 Å². The number of nitrogens with one attached hydrogen (secondary N) is 2. The number of anilines is 2. The Morgan fingerprint density at radius 3 is 2.39 bits per heavy atom. The quantitative estimate of drug-likeness (QED) is 0.358. The third-order valence-corrected chi connectivity index (χ3v) is 6.60. The van der Waals surface area contributed by atoms with Gasteiger partial charge in [-0.2, -0.15) is 0 Å². The molecule has 4 aromatic rings. The van der Waals surface area contributed by atoms with E-state index in [2.05, 4.69) is 15.0 Å². The van der Waals surface area contributed by atoms with Crippen LogP contribution in [0.2, 0.25) is 0 Å². The number of hydrogen-bond acceptors (Lipinski definition) is 7. The number of nitrogens with zero attached hydrogens (tertiary/aromatic N) is 3. The maximum atomic E-state index is 13.3. The molecule has 0 saturated heterocycles. The maximum absolute atomic E-state index is 13.3. The van der Waals surface area contributed by atoms with Gasteiger partial charge in [-0.25, -0.2) is 18.4 Å². The van der Waals surface area contributed by atoms with Crippen molar-refractivity contribution in [3.05, 3.63) is 84.1 Å². The summed E-state index contributed by atoms with van der Waals surface area (Å²) in [6.07, 6.45) is 0.341. The van der Waals surface area contributed by atoms with E-state index in [1.54, 1.807) is 44.3 Å². The van der Waals surface area contributed by atoms with Crippen LogP contribution < -0.4 is 14.8 Å². The minimum absolute atomic E-state index is 0.00700. The smallest absolute Gasteiger partial charge is 0.263 e. The van der Waals surface area contributed by atoms with Crippen molar-refractivity contribution in [3.63, 3.8) is 0 Å². The number of likely N-dealkylation sites (N-methyl/N-ethyl adjacent to an activating group) is 1. The summed E-state index contributed by atoms with van der Waals surface area (Å²) in [5.74, 6) is 0.582. The lowest BCUT2D eigenvalue weighted by molar-refractivity contribution is -0.116. The molecule has 1 aromatic heterocycles. The lowest BCUT2D eigenvalue weighted by Crippen LogP contribution is -2.27. The van der Waals surface area contributed by atoms with Gasteiger partial charge in [0, 0.05) is 12.1 Å². The largest absolute Gasteiger partial charge is 0.497 e. The molecular formula is C26H27N5O4S. The lowest BCUT2D eigenvalue weighted by atomic mass is 10.1. The van der Waals surface area contributed by atoms with Crippen LogP contribution in [0, 0.1) is 0 Å². The van der Waals surface area contributed by atoms with Gasteiger partial charge in [-0.15, -0.1) is 0 Å². The Labute approximate surface area is 210 Å². The zero-order valence-electron chi connectivity index (χ0n) is 20.2.